The van der Waals surface area contributed by atoms with E-state index in [4.69, 9.17) is 0 Å². The van der Waals surface area contributed by atoms with Crippen LogP contribution in [0.15, 0.2) is 54.6 Å². The third kappa shape index (κ3) is 5.15. The van der Waals surface area contributed by atoms with Crippen molar-refractivity contribution >= 4 is 11.7 Å². The lowest BCUT2D eigenvalue weighted by Crippen LogP contribution is -2.44. The Morgan fingerprint density at radius 2 is 1.54 bits per heavy atom. The lowest BCUT2D eigenvalue weighted by Gasteiger charge is -2.32. The molecular weight excluding hydrogens is 428 g/mol. The van der Waals surface area contributed by atoms with Gasteiger partial charge in [0, 0.05) is 18.3 Å². The van der Waals surface area contributed by atoms with Crippen molar-refractivity contribution < 1.29 is 4.79 Å². The van der Waals surface area contributed by atoms with E-state index >= 15 is 0 Å². The first kappa shape index (κ1) is 23.7. The number of amides is 2. The third-order valence-electron chi connectivity index (χ3n) is 7.93. The molecular formula is C32H38N2O. The van der Waals surface area contributed by atoms with Gasteiger partial charge in [-0.05, 0) is 85.4 Å². The first-order valence-electron chi connectivity index (χ1n) is 13.3. The van der Waals surface area contributed by atoms with Crippen molar-refractivity contribution in [3.63, 3.8) is 0 Å². The maximum absolute atomic E-state index is 13.7. The highest BCUT2D eigenvalue weighted by Gasteiger charge is 2.26. The van der Waals surface area contributed by atoms with Crippen LogP contribution < -0.4 is 5.32 Å². The number of anilines is 1. The van der Waals surface area contributed by atoms with Crippen molar-refractivity contribution in [1.82, 2.24) is 4.90 Å². The second-order valence-electron chi connectivity index (χ2n) is 10.6. The molecule has 2 aliphatic rings. The summed E-state index contributed by atoms with van der Waals surface area (Å²) in [5.74, 6) is 0. The minimum atomic E-state index is 0.0560. The van der Waals surface area contributed by atoms with Gasteiger partial charge in [0.05, 0.1) is 0 Å². The second kappa shape index (κ2) is 10.3. The number of aryl methyl sites for hydroxylation is 3. The normalized spacial score (nSPS) is 15.3. The lowest BCUT2D eigenvalue weighted by atomic mass is 10.0. The number of benzene rings is 3. The average Bonchev–Trinajstić information content (AvgIpc) is 2.99. The maximum atomic E-state index is 13.7. The highest BCUT2D eigenvalue weighted by molar-refractivity contribution is 5.91. The Bertz CT molecular complexity index is 1200. The quantitative estimate of drug-likeness (QED) is 0.297. The predicted octanol–water partition coefficient (Wildman–Crippen LogP) is 7.98. The number of hydrogen-bond donors (Lipinski definition) is 1. The molecule has 1 N–H and O–H groups in total. The van der Waals surface area contributed by atoms with Gasteiger partial charge >= 0.3 is 6.03 Å². The van der Waals surface area contributed by atoms with E-state index in [0.29, 0.717) is 6.04 Å². The summed E-state index contributed by atoms with van der Waals surface area (Å²) in [6.45, 7) is 7.05. The van der Waals surface area contributed by atoms with E-state index in [1.165, 1.54) is 59.1 Å². The molecule has 0 radical (unpaired) electrons. The van der Waals surface area contributed by atoms with Gasteiger partial charge in [0.15, 0.2) is 0 Å². The summed E-state index contributed by atoms with van der Waals surface area (Å²) >= 11 is 0. The number of nitrogens with one attached hydrogen (secondary N) is 1. The zero-order valence-electron chi connectivity index (χ0n) is 21.5. The van der Waals surface area contributed by atoms with Crippen molar-refractivity contribution in [3.05, 3.63) is 88.0 Å². The van der Waals surface area contributed by atoms with E-state index in [1.807, 2.05) is 0 Å². The Balaban J connectivity index is 1.34. The van der Waals surface area contributed by atoms with Crippen molar-refractivity contribution in [2.45, 2.75) is 78.2 Å². The zero-order chi connectivity index (χ0) is 24.4. The molecule has 0 aromatic heterocycles. The highest BCUT2D eigenvalue weighted by Crippen LogP contribution is 2.37. The summed E-state index contributed by atoms with van der Waals surface area (Å²) in [6.07, 6.45) is 9.12. The molecule has 1 fully saturated rings. The number of urea groups is 1. The Labute approximate surface area is 210 Å². The van der Waals surface area contributed by atoms with Gasteiger partial charge in [-0.25, -0.2) is 4.79 Å². The summed E-state index contributed by atoms with van der Waals surface area (Å²) < 4.78 is 0. The Kier molecular flexibility index (Phi) is 6.95. The van der Waals surface area contributed by atoms with Crippen molar-refractivity contribution in [2.75, 3.05) is 11.9 Å². The van der Waals surface area contributed by atoms with Crippen LogP contribution in [0.1, 0.15) is 71.9 Å². The summed E-state index contributed by atoms with van der Waals surface area (Å²) in [6, 6.07) is 20.3. The lowest BCUT2D eigenvalue weighted by molar-refractivity contribution is 0.180. The first-order valence-corrected chi connectivity index (χ1v) is 13.3. The Morgan fingerprint density at radius 3 is 2.29 bits per heavy atom. The van der Waals surface area contributed by atoms with E-state index in [2.05, 4.69) is 85.6 Å². The summed E-state index contributed by atoms with van der Waals surface area (Å²) in [5.41, 5.74) is 11.4. The zero-order valence-corrected chi connectivity index (χ0v) is 21.5. The van der Waals surface area contributed by atoms with Gasteiger partial charge in [-0.15, -0.1) is 0 Å². The molecule has 0 atom stereocenters. The molecule has 3 aromatic carbocycles. The van der Waals surface area contributed by atoms with Crippen molar-refractivity contribution in [3.8, 4) is 11.1 Å². The standard InChI is InChI=1S/C32H38N2O/c1-22-18-23(2)31(24(3)19-22)33-32(35)34(28-11-6-4-5-7-12-28)17-16-25-14-15-30-27(20-25)21-26-10-8-9-13-29(26)30/h8-10,13-15,18-20,28H,4-7,11-12,16-17,21H2,1-3H3,(H,33,35). The van der Waals surface area contributed by atoms with Gasteiger partial charge in [-0.3, -0.25) is 0 Å². The van der Waals surface area contributed by atoms with Gasteiger partial charge in [0.2, 0.25) is 0 Å². The number of carbonyl (C=O) groups excluding carboxylic acids is 1. The number of hydrogen-bond acceptors (Lipinski definition) is 1. The number of nitrogens with zero attached hydrogens (tertiary/aromatic N) is 1. The fourth-order valence-corrected chi connectivity index (χ4v) is 6.18. The van der Waals surface area contributed by atoms with Gasteiger partial charge in [0.1, 0.15) is 0 Å². The summed E-state index contributed by atoms with van der Waals surface area (Å²) in [5, 5.41) is 3.30. The largest absolute Gasteiger partial charge is 0.322 e. The predicted molar refractivity (Wildman–Crippen MR) is 146 cm³/mol. The first-order chi connectivity index (χ1) is 17.0. The van der Waals surface area contributed by atoms with Gasteiger partial charge < -0.3 is 10.2 Å². The molecule has 2 aliphatic carbocycles. The molecule has 0 bridgehead atoms. The molecule has 0 unspecified atom stereocenters. The van der Waals surface area contributed by atoms with Crippen LogP contribution in [0.4, 0.5) is 10.5 Å². The molecule has 0 spiro atoms. The van der Waals surface area contributed by atoms with Crippen LogP contribution in [-0.4, -0.2) is 23.5 Å². The van der Waals surface area contributed by atoms with Gasteiger partial charge in [0.25, 0.3) is 0 Å². The SMILES string of the molecule is Cc1cc(C)c(NC(=O)N(CCc2ccc3c(c2)Cc2ccccc2-3)C2CCCCCC2)c(C)c1. The van der Waals surface area contributed by atoms with Crippen LogP contribution in [0.2, 0.25) is 0 Å². The van der Waals surface area contributed by atoms with Crippen LogP contribution in [-0.2, 0) is 12.8 Å². The molecule has 3 aromatic rings. The van der Waals surface area contributed by atoms with Crippen LogP contribution in [0, 0.1) is 20.8 Å². The fraction of sp³-hybridized carbons (Fsp3) is 0.406. The van der Waals surface area contributed by atoms with Gasteiger partial charge in [-0.2, -0.15) is 0 Å². The molecule has 35 heavy (non-hydrogen) atoms. The fourth-order valence-electron chi connectivity index (χ4n) is 6.18. The molecule has 2 amide bonds. The molecule has 0 heterocycles. The van der Waals surface area contributed by atoms with E-state index in [1.54, 1.807) is 0 Å². The van der Waals surface area contributed by atoms with E-state index in [-0.39, 0.29) is 6.03 Å². The molecule has 182 valence electrons. The third-order valence-corrected chi connectivity index (χ3v) is 7.93. The van der Waals surface area contributed by atoms with Crippen molar-refractivity contribution in [1.29, 1.82) is 0 Å². The van der Waals surface area contributed by atoms with Crippen LogP contribution in [0.5, 0.6) is 0 Å². The van der Waals surface area contributed by atoms with Crippen LogP contribution in [0.3, 0.4) is 0 Å². The minimum absolute atomic E-state index is 0.0560. The summed E-state index contributed by atoms with van der Waals surface area (Å²) in [4.78, 5) is 15.8. The molecule has 5 rings (SSSR count). The topological polar surface area (TPSA) is 32.3 Å². The maximum Gasteiger partial charge on any atom is 0.322 e. The molecule has 1 saturated carbocycles. The Hall–Kier alpha value is -3.07. The molecule has 3 heteroatoms. The van der Waals surface area contributed by atoms with Crippen molar-refractivity contribution in [2.24, 2.45) is 0 Å². The van der Waals surface area contributed by atoms with Crippen LogP contribution >= 0.6 is 0 Å². The smallest absolute Gasteiger partial charge is 0.321 e. The number of rotatable bonds is 5. The van der Waals surface area contributed by atoms with E-state index < -0.39 is 0 Å². The average molecular weight is 467 g/mol. The Morgan fingerprint density at radius 1 is 0.857 bits per heavy atom. The number of fused-ring (bicyclic) bond motifs is 3. The second-order valence-corrected chi connectivity index (χ2v) is 10.6. The molecule has 0 aliphatic heterocycles. The highest BCUT2D eigenvalue weighted by atomic mass is 16.2. The monoisotopic (exact) mass is 466 g/mol. The summed E-state index contributed by atoms with van der Waals surface area (Å²) in [7, 11) is 0. The van der Waals surface area contributed by atoms with Gasteiger partial charge in [-0.1, -0.05) is 85.8 Å². The minimum Gasteiger partial charge on any atom is -0.321 e. The molecule has 0 saturated heterocycles. The molecule has 3 nitrogen and oxygen atoms in total. The number of carbonyl (C=O) groups is 1. The van der Waals surface area contributed by atoms with E-state index in [0.717, 1.165) is 49.0 Å². The van der Waals surface area contributed by atoms with Crippen LogP contribution in [0.25, 0.3) is 11.1 Å². The van der Waals surface area contributed by atoms with E-state index in [9.17, 15) is 4.79 Å².